The second kappa shape index (κ2) is 10.8. The molecule has 184 valence electrons. The third-order valence-corrected chi connectivity index (χ3v) is 7.26. The van der Waals surface area contributed by atoms with Crippen LogP contribution in [-0.4, -0.2) is 39.7 Å². The second-order valence-electron chi connectivity index (χ2n) is 8.73. The number of rotatable bonds is 8. The van der Waals surface area contributed by atoms with Crippen LogP contribution in [0.3, 0.4) is 0 Å². The minimum absolute atomic E-state index is 0.385. The highest BCUT2D eigenvalue weighted by molar-refractivity contribution is 7.92. The van der Waals surface area contributed by atoms with E-state index in [-0.39, 0.29) is 0 Å². The summed E-state index contributed by atoms with van der Waals surface area (Å²) in [6, 6.07) is 22.7. The Bertz CT molecular complexity index is 1220. The average molecular weight is 494 g/mol. The monoisotopic (exact) mass is 493 g/mol. The summed E-state index contributed by atoms with van der Waals surface area (Å²) in [7, 11) is -3.72. The second-order valence-corrected chi connectivity index (χ2v) is 10.6. The van der Waals surface area contributed by atoms with Crippen molar-refractivity contribution in [1.29, 1.82) is 0 Å². The van der Waals surface area contributed by atoms with E-state index in [0.717, 1.165) is 29.3 Å². The van der Waals surface area contributed by atoms with Crippen molar-refractivity contribution in [2.75, 3.05) is 33.9 Å². The molecule has 1 saturated heterocycles. The Morgan fingerprint density at radius 3 is 2.09 bits per heavy atom. The summed E-state index contributed by atoms with van der Waals surface area (Å²) in [6.07, 6.45) is 4.74. The van der Waals surface area contributed by atoms with Gasteiger partial charge in [0.25, 0.3) is 0 Å². The molecule has 1 atom stereocenters. The van der Waals surface area contributed by atoms with Crippen LogP contribution in [0.2, 0.25) is 0 Å². The molecule has 1 N–H and O–H groups in total. The smallest absolute Gasteiger partial charge is 0.247 e. The highest BCUT2D eigenvalue weighted by Crippen LogP contribution is 2.27. The molecular formula is C27H31N3O4S. The summed E-state index contributed by atoms with van der Waals surface area (Å²) in [4.78, 5) is 15.4. The molecule has 8 heteroatoms. The molecule has 0 aromatic heterocycles. The van der Waals surface area contributed by atoms with Crippen LogP contribution >= 0.6 is 0 Å². The van der Waals surface area contributed by atoms with Gasteiger partial charge in [0.15, 0.2) is 0 Å². The van der Waals surface area contributed by atoms with Crippen LogP contribution in [0.15, 0.2) is 78.9 Å². The van der Waals surface area contributed by atoms with Gasteiger partial charge in [-0.1, -0.05) is 18.2 Å². The topological polar surface area (TPSA) is 79.0 Å². The summed E-state index contributed by atoms with van der Waals surface area (Å²) in [5.74, 6) is 0.837. The van der Waals surface area contributed by atoms with Gasteiger partial charge >= 0.3 is 0 Å². The van der Waals surface area contributed by atoms with Crippen LogP contribution in [0, 0.1) is 0 Å². The van der Waals surface area contributed by atoms with Gasteiger partial charge in [-0.15, -0.1) is 0 Å². The lowest BCUT2D eigenvalue weighted by Gasteiger charge is -2.29. The molecule has 1 aliphatic heterocycles. The first-order valence-corrected chi connectivity index (χ1v) is 13.6. The van der Waals surface area contributed by atoms with E-state index in [4.69, 9.17) is 4.74 Å². The Morgan fingerprint density at radius 2 is 1.49 bits per heavy atom. The molecule has 0 saturated carbocycles. The summed E-state index contributed by atoms with van der Waals surface area (Å²) >= 11 is 0. The highest BCUT2D eigenvalue weighted by Gasteiger charge is 2.29. The minimum atomic E-state index is -3.72. The first-order valence-electron chi connectivity index (χ1n) is 11.8. The number of carbonyl (C=O) groups excluding carboxylic acids is 1. The largest absolute Gasteiger partial charge is 0.457 e. The molecule has 3 aromatic carbocycles. The minimum Gasteiger partial charge on any atom is -0.457 e. The van der Waals surface area contributed by atoms with E-state index in [9.17, 15) is 13.2 Å². The van der Waals surface area contributed by atoms with E-state index in [1.165, 1.54) is 19.3 Å². The SMILES string of the molecule is C[C@@H](C(=O)Nc1ccc(N2CCCCC2)cc1)N(c1ccc(Oc2ccccc2)cc1)S(C)(=O)=O. The fraction of sp³-hybridized carbons (Fsp3) is 0.296. The molecule has 1 fully saturated rings. The maximum Gasteiger partial charge on any atom is 0.247 e. The van der Waals surface area contributed by atoms with Crippen LogP contribution in [0.5, 0.6) is 11.5 Å². The first-order chi connectivity index (χ1) is 16.8. The van der Waals surface area contributed by atoms with Gasteiger partial charge in [0.2, 0.25) is 15.9 Å². The Kier molecular flexibility index (Phi) is 7.60. The molecule has 1 aliphatic rings. The van der Waals surface area contributed by atoms with Crippen molar-refractivity contribution in [3.05, 3.63) is 78.9 Å². The van der Waals surface area contributed by atoms with Gasteiger partial charge in [-0.25, -0.2) is 8.42 Å². The summed E-state index contributed by atoms with van der Waals surface area (Å²) < 4.78 is 32.2. The third-order valence-electron chi connectivity index (χ3n) is 6.01. The van der Waals surface area contributed by atoms with Crippen LogP contribution in [0.25, 0.3) is 0 Å². The van der Waals surface area contributed by atoms with Crippen molar-refractivity contribution in [1.82, 2.24) is 0 Å². The predicted octanol–water partition coefficient (Wildman–Crippen LogP) is 5.26. The number of benzene rings is 3. The molecule has 0 spiro atoms. The van der Waals surface area contributed by atoms with Gasteiger partial charge in [-0.2, -0.15) is 0 Å². The van der Waals surface area contributed by atoms with Crippen LogP contribution < -0.4 is 19.3 Å². The zero-order chi connectivity index (χ0) is 24.8. The van der Waals surface area contributed by atoms with E-state index in [1.807, 2.05) is 54.6 Å². The van der Waals surface area contributed by atoms with Crippen molar-refractivity contribution < 1.29 is 17.9 Å². The Morgan fingerprint density at radius 1 is 0.886 bits per heavy atom. The van der Waals surface area contributed by atoms with Crippen molar-refractivity contribution >= 4 is 33.0 Å². The maximum atomic E-state index is 13.0. The van der Waals surface area contributed by atoms with Crippen LogP contribution in [0.4, 0.5) is 17.1 Å². The van der Waals surface area contributed by atoms with E-state index in [1.54, 1.807) is 31.2 Å². The average Bonchev–Trinajstić information content (AvgIpc) is 2.86. The van der Waals surface area contributed by atoms with Gasteiger partial charge in [-0.3, -0.25) is 9.10 Å². The predicted molar refractivity (Wildman–Crippen MR) is 141 cm³/mol. The number of amides is 1. The van der Waals surface area contributed by atoms with Crippen molar-refractivity contribution in [3.8, 4) is 11.5 Å². The standard InChI is InChI=1S/C27H31N3O4S/c1-21(27(31)28-22-11-13-23(14-12-22)29-19-7-4-8-20-29)30(35(2,32)33)24-15-17-26(18-16-24)34-25-9-5-3-6-10-25/h3,5-6,9-18,21H,4,7-8,19-20H2,1-2H3,(H,28,31)/t21-/m0/s1. The lowest BCUT2D eigenvalue weighted by molar-refractivity contribution is -0.116. The quantitative estimate of drug-likeness (QED) is 0.463. The lowest BCUT2D eigenvalue weighted by Crippen LogP contribution is -2.45. The van der Waals surface area contributed by atoms with E-state index in [0.29, 0.717) is 22.9 Å². The number of para-hydroxylation sites is 1. The zero-order valence-electron chi connectivity index (χ0n) is 20.1. The van der Waals surface area contributed by atoms with Crippen molar-refractivity contribution in [3.63, 3.8) is 0 Å². The molecule has 7 nitrogen and oxygen atoms in total. The van der Waals surface area contributed by atoms with E-state index >= 15 is 0 Å². The highest BCUT2D eigenvalue weighted by atomic mass is 32.2. The van der Waals surface area contributed by atoms with Gasteiger partial charge in [0.1, 0.15) is 17.5 Å². The fourth-order valence-electron chi connectivity index (χ4n) is 4.25. The Balaban J connectivity index is 1.45. The Hall–Kier alpha value is -3.52. The van der Waals surface area contributed by atoms with E-state index in [2.05, 4.69) is 10.2 Å². The third kappa shape index (κ3) is 6.33. The van der Waals surface area contributed by atoms with Crippen LogP contribution in [0.1, 0.15) is 26.2 Å². The summed E-state index contributed by atoms with van der Waals surface area (Å²) in [6.45, 7) is 3.66. The summed E-state index contributed by atoms with van der Waals surface area (Å²) in [5, 5.41) is 2.85. The number of carbonyl (C=O) groups is 1. The molecular weight excluding hydrogens is 462 g/mol. The van der Waals surface area contributed by atoms with Crippen molar-refractivity contribution in [2.24, 2.45) is 0 Å². The number of nitrogens with zero attached hydrogens (tertiary/aromatic N) is 2. The molecule has 0 aliphatic carbocycles. The molecule has 1 heterocycles. The number of sulfonamides is 1. The molecule has 35 heavy (non-hydrogen) atoms. The number of piperidine rings is 1. The number of anilines is 3. The van der Waals surface area contributed by atoms with Crippen LogP contribution in [-0.2, 0) is 14.8 Å². The van der Waals surface area contributed by atoms with Gasteiger partial charge in [-0.05, 0) is 86.8 Å². The summed E-state index contributed by atoms with van der Waals surface area (Å²) in [5.41, 5.74) is 2.14. The number of hydrogen-bond donors (Lipinski definition) is 1. The lowest BCUT2D eigenvalue weighted by atomic mass is 10.1. The zero-order valence-corrected chi connectivity index (χ0v) is 20.9. The molecule has 1 amide bonds. The van der Waals surface area contributed by atoms with Crippen molar-refractivity contribution in [2.45, 2.75) is 32.2 Å². The Labute approximate surface area is 207 Å². The maximum absolute atomic E-state index is 13.0. The normalized spacial score (nSPS) is 14.7. The fourth-order valence-corrected chi connectivity index (χ4v) is 5.42. The molecule has 0 unspecified atom stereocenters. The number of ether oxygens (including phenoxy) is 1. The molecule has 0 radical (unpaired) electrons. The van der Waals surface area contributed by atoms with Gasteiger partial charge < -0.3 is 15.0 Å². The molecule has 0 bridgehead atoms. The number of hydrogen-bond acceptors (Lipinski definition) is 5. The molecule has 4 rings (SSSR count). The first kappa shape index (κ1) is 24.6. The number of nitrogens with one attached hydrogen (secondary N) is 1. The van der Waals surface area contributed by atoms with Gasteiger partial charge in [0, 0.05) is 24.5 Å². The van der Waals surface area contributed by atoms with E-state index < -0.39 is 22.0 Å². The van der Waals surface area contributed by atoms with Gasteiger partial charge in [0.05, 0.1) is 11.9 Å². The molecule has 3 aromatic rings.